The summed E-state index contributed by atoms with van der Waals surface area (Å²) in [5.41, 5.74) is 13.1. The number of nitrogens with two attached hydrogens (primary N) is 2. The van der Waals surface area contributed by atoms with Crippen LogP contribution in [0.3, 0.4) is 0 Å². The topological polar surface area (TPSA) is 160 Å². The first kappa shape index (κ1) is 24.8. The number of nitrogens with one attached hydrogen (secondary N) is 3. The average molecular weight is 442 g/mol. The molecule has 2 rings (SSSR count). The molecule has 0 aliphatic carbocycles. The van der Waals surface area contributed by atoms with E-state index in [4.69, 9.17) is 11.5 Å². The minimum absolute atomic E-state index is 0.190. The van der Waals surface area contributed by atoms with Crippen molar-refractivity contribution in [3.8, 4) is 5.75 Å². The maximum Gasteiger partial charge on any atom is 0.243 e. The Balaban J connectivity index is 1.90. The molecular weight excluding hydrogens is 410 g/mol. The van der Waals surface area contributed by atoms with E-state index in [0.29, 0.717) is 13.0 Å². The summed E-state index contributed by atoms with van der Waals surface area (Å²) in [7, 11) is 0. The molecule has 9 nitrogen and oxygen atoms in total. The third-order valence-electron chi connectivity index (χ3n) is 4.87. The van der Waals surface area contributed by atoms with Crippen molar-refractivity contribution in [1.82, 2.24) is 16.0 Å². The number of hydrogen-bond acceptors (Lipinski definition) is 6. The minimum Gasteiger partial charge on any atom is -0.508 e. The van der Waals surface area contributed by atoms with E-state index in [-0.39, 0.29) is 30.7 Å². The van der Waals surface area contributed by atoms with Crippen molar-refractivity contribution in [1.29, 1.82) is 0 Å². The van der Waals surface area contributed by atoms with Crippen molar-refractivity contribution in [2.75, 3.05) is 13.1 Å². The largest absolute Gasteiger partial charge is 0.508 e. The first-order valence-corrected chi connectivity index (χ1v) is 10.4. The van der Waals surface area contributed by atoms with Gasteiger partial charge in [-0.1, -0.05) is 42.5 Å². The van der Waals surface area contributed by atoms with Gasteiger partial charge in [-0.2, -0.15) is 0 Å². The van der Waals surface area contributed by atoms with Crippen molar-refractivity contribution in [3.63, 3.8) is 0 Å². The summed E-state index contributed by atoms with van der Waals surface area (Å²) in [6, 6.07) is 14.3. The maximum atomic E-state index is 12.7. The summed E-state index contributed by atoms with van der Waals surface area (Å²) in [6.45, 7) is 1.76. The van der Waals surface area contributed by atoms with Crippen molar-refractivity contribution in [3.05, 3.63) is 65.7 Å². The fraction of sp³-hybridized carbons (Fsp3) is 0.348. The average Bonchev–Trinajstić information content (AvgIpc) is 2.77. The van der Waals surface area contributed by atoms with E-state index in [1.807, 2.05) is 30.3 Å². The normalized spacial score (nSPS) is 13.6. The number of primary amides is 1. The van der Waals surface area contributed by atoms with Crippen LogP contribution in [-0.4, -0.2) is 54.0 Å². The fourth-order valence-electron chi connectivity index (χ4n) is 3.08. The molecule has 8 N–H and O–H groups in total. The van der Waals surface area contributed by atoms with Crippen molar-refractivity contribution in [2.24, 2.45) is 11.5 Å². The van der Waals surface area contributed by atoms with E-state index in [0.717, 1.165) is 11.1 Å². The van der Waals surface area contributed by atoms with Gasteiger partial charge in [0.1, 0.15) is 11.8 Å². The van der Waals surface area contributed by atoms with Crippen LogP contribution in [0.5, 0.6) is 5.75 Å². The van der Waals surface area contributed by atoms with Crippen LogP contribution in [0.2, 0.25) is 0 Å². The van der Waals surface area contributed by atoms with Gasteiger partial charge >= 0.3 is 0 Å². The lowest BCUT2D eigenvalue weighted by atomic mass is 10.0. The molecule has 3 atom stereocenters. The van der Waals surface area contributed by atoms with Crippen LogP contribution < -0.4 is 27.4 Å². The fourth-order valence-corrected chi connectivity index (χ4v) is 3.08. The van der Waals surface area contributed by atoms with E-state index < -0.39 is 23.9 Å². The van der Waals surface area contributed by atoms with Crippen LogP contribution >= 0.6 is 0 Å². The third kappa shape index (κ3) is 8.75. The highest BCUT2D eigenvalue weighted by Gasteiger charge is 2.24. The van der Waals surface area contributed by atoms with Crippen molar-refractivity contribution < 1.29 is 19.5 Å². The molecule has 0 aromatic heterocycles. The number of carbonyl (C=O) groups excluding carboxylic acids is 3. The van der Waals surface area contributed by atoms with Gasteiger partial charge in [0.15, 0.2) is 0 Å². The molecule has 3 amide bonds. The monoisotopic (exact) mass is 441 g/mol. The van der Waals surface area contributed by atoms with Crippen LogP contribution in [0.15, 0.2) is 54.6 Å². The van der Waals surface area contributed by atoms with E-state index in [9.17, 15) is 19.5 Å². The molecule has 0 heterocycles. The Morgan fingerprint density at radius 3 is 2.19 bits per heavy atom. The number of hydrogen-bond donors (Lipinski definition) is 6. The zero-order valence-corrected chi connectivity index (χ0v) is 18.1. The molecular formula is C23H31N5O4. The van der Waals surface area contributed by atoms with E-state index in [1.165, 1.54) is 0 Å². The number of rotatable bonds is 12. The quantitative estimate of drug-likeness (QED) is 0.262. The van der Waals surface area contributed by atoms with Crippen LogP contribution in [0.4, 0.5) is 0 Å². The Hall–Kier alpha value is -3.43. The molecule has 0 saturated heterocycles. The van der Waals surface area contributed by atoms with Gasteiger partial charge in [0, 0.05) is 19.0 Å². The zero-order valence-electron chi connectivity index (χ0n) is 18.1. The van der Waals surface area contributed by atoms with Gasteiger partial charge in [-0.15, -0.1) is 0 Å². The number of phenols is 1. The molecule has 0 radical (unpaired) electrons. The Morgan fingerprint density at radius 1 is 0.938 bits per heavy atom. The third-order valence-corrected chi connectivity index (χ3v) is 4.87. The smallest absolute Gasteiger partial charge is 0.243 e. The summed E-state index contributed by atoms with van der Waals surface area (Å²) in [6.07, 6.45) is 0.845. The highest BCUT2D eigenvalue weighted by molar-refractivity contribution is 5.91. The Kier molecular flexibility index (Phi) is 9.65. The van der Waals surface area contributed by atoms with Gasteiger partial charge in [-0.05, 0) is 36.6 Å². The summed E-state index contributed by atoms with van der Waals surface area (Å²) in [5.74, 6) is -1.33. The second kappa shape index (κ2) is 12.4. The van der Waals surface area contributed by atoms with Crippen LogP contribution in [-0.2, 0) is 27.2 Å². The molecule has 0 aliphatic heterocycles. The second-order valence-electron chi connectivity index (χ2n) is 7.70. The van der Waals surface area contributed by atoms with Gasteiger partial charge in [-0.25, -0.2) is 0 Å². The molecule has 32 heavy (non-hydrogen) atoms. The van der Waals surface area contributed by atoms with Gasteiger partial charge in [0.25, 0.3) is 0 Å². The number of benzene rings is 2. The number of aromatic hydroxyl groups is 1. The van der Waals surface area contributed by atoms with Crippen molar-refractivity contribution >= 4 is 17.7 Å². The highest BCUT2D eigenvalue weighted by Crippen LogP contribution is 2.10. The lowest BCUT2D eigenvalue weighted by Gasteiger charge is -2.22. The predicted octanol–water partition coefficient (Wildman–Crippen LogP) is -0.431. The molecule has 0 aliphatic rings. The van der Waals surface area contributed by atoms with E-state index >= 15 is 0 Å². The molecule has 2 aromatic carbocycles. The molecule has 2 aromatic rings. The Bertz CT molecular complexity index is 889. The molecule has 0 saturated carbocycles. The molecule has 0 fully saturated rings. The Morgan fingerprint density at radius 2 is 1.56 bits per heavy atom. The number of amides is 3. The summed E-state index contributed by atoms with van der Waals surface area (Å²) >= 11 is 0. The SMILES string of the molecule is C[C@@H](NC[C@@H](N)Cc1ccc(O)cc1)C(=O)N[C@@H](Cc1ccccc1)C(=O)NCC(N)=O. The molecule has 0 spiro atoms. The van der Waals surface area contributed by atoms with Crippen molar-refractivity contribution in [2.45, 2.75) is 37.9 Å². The van der Waals surface area contributed by atoms with Gasteiger partial charge in [0.05, 0.1) is 12.6 Å². The van der Waals surface area contributed by atoms with Crippen LogP contribution in [0, 0.1) is 0 Å². The second-order valence-corrected chi connectivity index (χ2v) is 7.70. The zero-order chi connectivity index (χ0) is 23.5. The van der Waals surface area contributed by atoms with Gasteiger partial charge in [0.2, 0.25) is 17.7 Å². The lowest BCUT2D eigenvalue weighted by Crippen LogP contribution is -2.54. The van der Waals surface area contributed by atoms with Gasteiger partial charge < -0.3 is 32.5 Å². The lowest BCUT2D eigenvalue weighted by molar-refractivity contribution is -0.130. The summed E-state index contributed by atoms with van der Waals surface area (Å²) in [4.78, 5) is 36.2. The highest BCUT2D eigenvalue weighted by atomic mass is 16.3. The minimum atomic E-state index is -0.862. The van der Waals surface area contributed by atoms with Crippen LogP contribution in [0.25, 0.3) is 0 Å². The molecule has 0 bridgehead atoms. The van der Waals surface area contributed by atoms with Crippen LogP contribution in [0.1, 0.15) is 18.1 Å². The number of carbonyl (C=O) groups is 3. The number of phenolic OH excluding ortho intramolecular Hbond substituents is 1. The van der Waals surface area contributed by atoms with E-state index in [1.54, 1.807) is 31.2 Å². The molecule has 0 unspecified atom stereocenters. The molecule has 9 heteroatoms. The standard InChI is InChI=1S/C23H31N5O4/c1-15(26-13-18(24)11-17-7-9-19(29)10-8-17)22(31)28-20(23(32)27-14-21(25)30)12-16-5-3-2-4-6-16/h2-10,15,18,20,26,29H,11-14,24H2,1H3,(H2,25,30)(H,27,32)(H,28,31)/t15-,18+,20+/m1/s1. The first-order valence-electron chi connectivity index (χ1n) is 10.4. The van der Waals surface area contributed by atoms with Gasteiger partial charge in [-0.3, -0.25) is 14.4 Å². The summed E-state index contributed by atoms with van der Waals surface area (Å²) in [5, 5.41) is 17.6. The predicted molar refractivity (Wildman–Crippen MR) is 122 cm³/mol. The maximum absolute atomic E-state index is 12.7. The molecule has 172 valence electrons. The summed E-state index contributed by atoms with van der Waals surface area (Å²) < 4.78 is 0. The van der Waals surface area contributed by atoms with E-state index in [2.05, 4.69) is 16.0 Å². The first-order chi connectivity index (χ1) is 15.2. The Labute approximate surface area is 187 Å².